The van der Waals surface area contributed by atoms with E-state index >= 15 is 0 Å². The summed E-state index contributed by atoms with van der Waals surface area (Å²) in [5, 5.41) is 21.4. The summed E-state index contributed by atoms with van der Waals surface area (Å²) in [6, 6.07) is 15.4. The number of carbonyl (C=O) groups excluding carboxylic acids is 1. The number of rotatable bonds is 4. The zero-order chi connectivity index (χ0) is 17.1. The highest BCUT2D eigenvalue weighted by Crippen LogP contribution is 2.26. The molecule has 0 saturated carbocycles. The number of halogens is 2. The van der Waals surface area contributed by atoms with Crippen LogP contribution in [0.15, 0.2) is 48.5 Å². The van der Waals surface area contributed by atoms with Crippen molar-refractivity contribution in [3.05, 3.63) is 70.0 Å². The van der Waals surface area contributed by atoms with Crippen molar-refractivity contribution in [1.29, 1.82) is 5.26 Å². The Bertz CT molecular complexity index is 933. The maximum Gasteiger partial charge on any atom is 0.187 e. The zero-order valence-electron chi connectivity index (χ0n) is 12.1. The summed E-state index contributed by atoms with van der Waals surface area (Å²) in [4.78, 5) is 12.7. The number of para-hydroxylation sites is 1. The van der Waals surface area contributed by atoms with Crippen LogP contribution in [0, 0.1) is 11.3 Å². The maximum absolute atomic E-state index is 12.7. The lowest BCUT2D eigenvalue weighted by molar-refractivity contribution is 0.0975. The Balaban J connectivity index is 2.01. The third-order valence-corrected chi connectivity index (χ3v) is 4.09. The van der Waals surface area contributed by atoms with E-state index in [1.807, 2.05) is 24.3 Å². The molecule has 0 saturated heterocycles. The molecule has 0 amide bonds. The van der Waals surface area contributed by atoms with Crippen LogP contribution in [0.5, 0.6) is 0 Å². The first kappa shape index (κ1) is 16.1. The van der Waals surface area contributed by atoms with Gasteiger partial charge >= 0.3 is 0 Å². The van der Waals surface area contributed by atoms with Crippen molar-refractivity contribution in [2.75, 3.05) is 0 Å². The van der Waals surface area contributed by atoms with E-state index in [9.17, 15) is 10.1 Å². The molecule has 1 aromatic heterocycles. The van der Waals surface area contributed by atoms with E-state index in [0.717, 1.165) is 0 Å². The summed E-state index contributed by atoms with van der Waals surface area (Å²) in [6.07, 6.45) is 0. The number of tetrazole rings is 1. The summed E-state index contributed by atoms with van der Waals surface area (Å²) >= 11 is 11.8. The van der Waals surface area contributed by atoms with Crippen LogP contribution in [0.3, 0.4) is 0 Å². The molecule has 0 radical (unpaired) electrons. The second-order valence-corrected chi connectivity index (χ2v) is 5.65. The predicted octanol–water partition coefficient (Wildman–Crippen LogP) is 3.46. The Morgan fingerprint density at radius 2 is 1.88 bits per heavy atom. The summed E-state index contributed by atoms with van der Waals surface area (Å²) in [6.45, 7) is 0. The van der Waals surface area contributed by atoms with E-state index < -0.39 is 11.7 Å². The average molecular weight is 358 g/mol. The van der Waals surface area contributed by atoms with Crippen LogP contribution >= 0.6 is 23.2 Å². The molecule has 0 unspecified atom stereocenters. The number of benzene rings is 2. The van der Waals surface area contributed by atoms with Crippen LogP contribution in [-0.4, -0.2) is 26.0 Å². The number of aromatic nitrogens is 4. The molecule has 24 heavy (non-hydrogen) atoms. The second-order valence-electron chi connectivity index (χ2n) is 4.84. The number of nitriles is 1. The molecular formula is C16H9Cl2N5O. The molecule has 0 aliphatic rings. The lowest BCUT2D eigenvalue weighted by Gasteiger charge is -2.09. The summed E-state index contributed by atoms with van der Waals surface area (Å²) < 4.78 is 1.36. The molecule has 8 heteroatoms. The van der Waals surface area contributed by atoms with Crippen molar-refractivity contribution >= 4 is 29.0 Å². The van der Waals surface area contributed by atoms with Gasteiger partial charge in [0.15, 0.2) is 17.5 Å². The molecule has 3 aromatic rings. The second kappa shape index (κ2) is 6.79. The van der Waals surface area contributed by atoms with Gasteiger partial charge in [0, 0.05) is 5.56 Å². The maximum atomic E-state index is 12.7. The summed E-state index contributed by atoms with van der Waals surface area (Å²) in [5.74, 6) is -1.49. The van der Waals surface area contributed by atoms with Gasteiger partial charge in [-0.2, -0.15) is 9.94 Å². The number of hydrogen-bond donors (Lipinski definition) is 0. The minimum Gasteiger partial charge on any atom is -0.292 e. The van der Waals surface area contributed by atoms with Gasteiger partial charge in [-0.3, -0.25) is 4.79 Å². The highest BCUT2D eigenvalue weighted by Gasteiger charge is 2.28. The van der Waals surface area contributed by atoms with E-state index in [2.05, 4.69) is 15.5 Å². The van der Waals surface area contributed by atoms with Crippen LogP contribution in [0.1, 0.15) is 22.1 Å². The highest BCUT2D eigenvalue weighted by atomic mass is 35.5. The van der Waals surface area contributed by atoms with Gasteiger partial charge in [0.2, 0.25) is 0 Å². The van der Waals surface area contributed by atoms with E-state index in [-0.39, 0.29) is 16.4 Å². The quantitative estimate of drug-likeness (QED) is 0.667. The first-order valence-corrected chi connectivity index (χ1v) is 7.60. The molecule has 0 bridgehead atoms. The van der Waals surface area contributed by atoms with Crippen molar-refractivity contribution in [2.45, 2.75) is 5.92 Å². The first-order valence-electron chi connectivity index (χ1n) is 6.84. The number of carbonyl (C=O) groups is 1. The van der Waals surface area contributed by atoms with Crippen molar-refractivity contribution < 1.29 is 4.79 Å². The molecule has 0 aliphatic carbocycles. The summed E-state index contributed by atoms with van der Waals surface area (Å²) in [7, 11) is 0. The van der Waals surface area contributed by atoms with Gasteiger partial charge in [0.1, 0.15) is 0 Å². The standard InChI is InChI=1S/C16H9Cl2N5O/c17-13-7-6-10(8-14(13)18)15(24)12(9-19)16-20-21-22-23(16)11-4-2-1-3-5-11/h1-8,12H/t12-/m1/s1. The van der Waals surface area contributed by atoms with Crippen LogP contribution in [0.4, 0.5) is 0 Å². The molecule has 2 aromatic carbocycles. The Labute approximate surface area is 147 Å². The summed E-state index contributed by atoms with van der Waals surface area (Å²) in [5.41, 5.74) is 0.915. The Morgan fingerprint density at radius 1 is 1.12 bits per heavy atom. The molecule has 118 valence electrons. The van der Waals surface area contributed by atoms with Gasteiger partial charge < -0.3 is 0 Å². The molecule has 1 atom stereocenters. The minimum absolute atomic E-state index is 0.139. The fraction of sp³-hybridized carbons (Fsp3) is 0.0625. The van der Waals surface area contributed by atoms with Gasteiger partial charge in [0.25, 0.3) is 0 Å². The molecule has 1 heterocycles. The van der Waals surface area contributed by atoms with E-state index in [1.165, 1.54) is 22.9 Å². The third-order valence-electron chi connectivity index (χ3n) is 3.35. The van der Waals surface area contributed by atoms with E-state index in [4.69, 9.17) is 23.2 Å². The molecule has 0 fully saturated rings. The van der Waals surface area contributed by atoms with Gasteiger partial charge in [-0.05, 0) is 40.8 Å². The van der Waals surface area contributed by atoms with Crippen molar-refractivity contribution in [1.82, 2.24) is 20.2 Å². The van der Waals surface area contributed by atoms with Crippen LogP contribution < -0.4 is 0 Å². The molecule has 0 aliphatic heterocycles. The predicted molar refractivity (Wildman–Crippen MR) is 88.3 cm³/mol. The molecule has 3 rings (SSSR count). The van der Waals surface area contributed by atoms with Gasteiger partial charge in [-0.15, -0.1) is 5.10 Å². The Kier molecular flexibility index (Phi) is 4.56. The van der Waals surface area contributed by atoms with E-state index in [1.54, 1.807) is 12.1 Å². The smallest absolute Gasteiger partial charge is 0.187 e. The number of nitrogens with zero attached hydrogens (tertiary/aromatic N) is 5. The van der Waals surface area contributed by atoms with Gasteiger partial charge in [-0.25, -0.2) is 0 Å². The fourth-order valence-corrected chi connectivity index (χ4v) is 2.47. The molecule has 0 spiro atoms. The highest BCUT2D eigenvalue weighted by molar-refractivity contribution is 6.42. The Hall–Kier alpha value is -2.75. The van der Waals surface area contributed by atoms with E-state index in [0.29, 0.717) is 10.7 Å². The first-order chi connectivity index (χ1) is 11.6. The van der Waals surface area contributed by atoms with Crippen LogP contribution in [-0.2, 0) is 0 Å². The fourth-order valence-electron chi connectivity index (χ4n) is 2.18. The third kappa shape index (κ3) is 3.00. The molecule has 0 N–H and O–H groups in total. The lowest BCUT2D eigenvalue weighted by Crippen LogP contribution is -2.16. The molecular weight excluding hydrogens is 349 g/mol. The van der Waals surface area contributed by atoms with Crippen molar-refractivity contribution in [2.24, 2.45) is 0 Å². The average Bonchev–Trinajstić information content (AvgIpc) is 3.08. The normalized spacial score (nSPS) is 11.7. The SMILES string of the molecule is N#C[C@H](C(=O)c1ccc(Cl)c(Cl)c1)c1nnnn1-c1ccccc1. The monoisotopic (exact) mass is 357 g/mol. The zero-order valence-corrected chi connectivity index (χ0v) is 13.6. The number of ketones is 1. The minimum atomic E-state index is -1.17. The largest absolute Gasteiger partial charge is 0.292 e. The lowest BCUT2D eigenvalue weighted by atomic mass is 9.98. The number of Topliss-reactive ketones (excluding diaryl/α,β-unsaturated/α-hetero) is 1. The van der Waals surface area contributed by atoms with Crippen molar-refractivity contribution in [3.8, 4) is 11.8 Å². The number of hydrogen-bond acceptors (Lipinski definition) is 5. The van der Waals surface area contributed by atoms with Gasteiger partial charge in [0.05, 0.1) is 21.8 Å². The van der Waals surface area contributed by atoms with Gasteiger partial charge in [-0.1, -0.05) is 41.4 Å². The topological polar surface area (TPSA) is 84.5 Å². The molecule has 6 nitrogen and oxygen atoms in total. The Morgan fingerprint density at radius 3 is 2.54 bits per heavy atom. The van der Waals surface area contributed by atoms with Crippen LogP contribution in [0.2, 0.25) is 10.0 Å². The van der Waals surface area contributed by atoms with Crippen molar-refractivity contribution in [3.63, 3.8) is 0 Å². The van der Waals surface area contributed by atoms with Crippen LogP contribution in [0.25, 0.3) is 5.69 Å².